The second-order valence-electron chi connectivity index (χ2n) is 3.56. The predicted octanol–water partition coefficient (Wildman–Crippen LogP) is 2.61. The molecule has 0 radical (unpaired) electrons. The number of hydrogen-bond donors (Lipinski definition) is 1. The van der Waals surface area contributed by atoms with Crippen molar-refractivity contribution in [2.45, 2.75) is 19.8 Å². The largest absolute Gasteiger partial charge is 0.487 e. The Morgan fingerprint density at radius 2 is 2.22 bits per heavy atom. The van der Waals surface area contributed by atoms with Crippen molar-refractivity contribution >= 4 is 11.7 Å². The highest BCUT2D eigenvalue weighted by Gasteiger charge is 2.22. The van der Waals surface area contributed by atoms with Gasteiger partial charge in [-0.15, -0.1) is 0 Å². The van der Waals surface area contributed by atoms with Gasteiger partial charge in [-0.1, -0.05) is 13.3 Å². The number of rotatable bonds is 6. The van der Waals surface area contributed by atoms with E-state index in [1.165, 1.54) is 0 Å². The van der Waals surface area contributed by atoms with Crippen LogP contribution >= 0.6 is 0 Å². The molecular formula is C11H12FNO5. The number of nitro groups is 1. The van der Waals surface area contributed by atoms with Gasteiger partial charge in [0.25, 0.3) is 0 Å². The van der Waals surface area contributed by atoms with Gasteiger partial charge in [0.1, 0.15) is 5.82 Å². The van der Waals surface area contributed by atoms with Crippen LogP contribution in [0.2, 0.25) is 0 Å². The highest BCUT2D eigenvalue weighted by Crippen LogP contribution is 2.30. The minimum absolute atomic E-state index is 0.210. The fourth-order valence-corrected chi connectivity index (χ4v) is 1.29. The molecule has 18 heavy (non-hydrogen) atoms. The molecule has 0 fully saturated rings. The Hall–Kier alpha value is -2.18. The van der Waals surface area contributed by atoms with Gasteiger partial charge in [-0.2, -0.15) is 0 Å². The van der Waals surface area contributed by atoms with E-state index < -0.39 is 28.0 Å². The van der Waals surface area contributed by atoms with Gasteiger partial charge in [0, 0.05) is 6.07 Å². The molecule has 0 aliphatic heterocycles. The van der Waals surface area contributed by atoms with Crippen molar-refractivity contribution < 1.29 is 24.0 Å². The SMILES string of the molecule is CCCCOc1cc(C(=O)O)c(F)cc1[N+](=O)[O-]. The summed E-state index contributed by atoms with van der Waals surface area (Å²) in [5, 5.41) is 19.4. The number of halogens is 1. The molecule has 0 bridgehead atoms. The Morgan fingerprint density at radius 1 is 1.56 bits per heavy atom. The van der Waals surface area contributed by atoms with Gasteiger partial charge in [0.15, 0.2) is 5.75 Å². The van der Waals surface area contributed by atoms with Gasteiger partial charge in [0.2, 0.25) is 0 Å². The van der Waals surface area contributed by atoms with Crippen molar-refractivity contribution in [3.8, 4) is 5.75 Å². The Bertz CT molecular complexity index is 475. The molecule has 7 heteroatoms. The van der Waals surface area contributed by atoms with Crippen LogP contribution in [-0.2, 0) is 0 Å². The molecule has 0 aliphatic rings. The van der Waals surface area contributed by atoms with Crippen LogP contribution in [0.15, 0.2) is 12.1 Å². The van der Waals surface area contributed by atoms with Crippen molar-refractivity contribution in [1.29, 1.82) is 0 Å². The second kappa shape index (κ2) is 5.95. The quantitative estimate of drug-likeness (QED) is 0.480. The van der Waals surface area contributed by atoms with Crippen molar-refractivity contribution in [2.24, 2.45) is 0 Å². The molecule has 0 saturated heterocycles. The molecule has 0 spiro atoms. The van der Waals surface area contributed by atoms with Crippen LogP contribution in [0.1, 0.15) is 30.1 Å². The van der Waals surface area contributed by atoms with E-state index in [1.54, 1.807) is 0 Å². The standard InChI is InChI=1S/C11H12FNO5/c1-2-3-4-18-10-5-7(11(14)15)8(12)6-9(10)13(16)17/h5-6H,2-4H2,1H3,(H,14,15). The summed E-state index contributed by atoms with van der Waals surface area (Å²) in [4.78, 5) is 20.6. The molecule has 0 aromatic heterocycles. The Balaban J connectivity index is 3.14. The molecule has 0 atom stereocenters. The number of ether oxygens (including phenoxy) is 1. The highest BCUT2D eigenvalue weighted by atomic mass is 19.1. The third kappa shape index (κ3) is 3.16. The van der Waals surface area contributed by atoms with Crippen LogP contribution in [0.3, 0.4) is 0 Å². The third-order valence-electron chi connectivity index (χ3n) is 2.23. The van der Waals surface area contributed by atoms with Crippen molar-refractivity contribution in [3.05, 3.63) is 33.6 Å². The van der Waals surface area contributed by atoms with Gasteiger partial charge in [-0.25, -0.2) is 9.18 Å². The first kappa shape index (κ1) is 13.9. The van der Waals surface area contributed by atoms with Crippen molar-refractivity contribution in [2.75, 3.05) is 6.61 Å². The van der Waals surface area contributed by atoms with Gasteiger partial charge >= 0.3 is 11.7 Å². The number of carboxylic acid groups (broad SMARTS) is 1. The van der Waals surface area contributed by atoms with E-state index >= 15 is 0 Å². The molecule has 6 nitrogen and oxygen atoms in total. The van der Waals surface area contributed by atoms with E-state index in [9.17, 15) is 19.3 Å². The van der Waals surface area contributed by atoms with Crippen LogP contribution in [0.25, 0.3) is 0 Å². The number of nitrogens with zero attached hydrogens (tertiary/aromatic N) is 1. The maximum atomic E-state index is 13.3. The average molecular weight is 257 g/mol. The zero-order valence-electron chi connectivity index (χ0n) is 9.68. The minimum atomic E-state index is -1.50. The molecule has 0 aliphatic carbocycles. The van der Waals surface area contributed by atoms with Crippen LogP contribution in [0.5, 0.6) is 5.75 Å². The minimum Gasteiger partial charge on any atom is -0.487 e. The number of unbranched alkanes of at least 4 members (excludes halogenated alkanes) is 1. The van der Waals surface area contributed by atoms with E-state index in [2.05, 4.69) is 0 Å². The molecule has 0 saturated carbocycles. The summed E-state index contributed by atoms with van der Waals surface area (Å²) >= 11 is 0. The van der Waals surface area contributed by atoms with Crippen molar-refractivity contribution in [3.63, 3.8) is 0 Å². The number of hydrogen-bond acceptors (Lipinski definition) is 4. The first-order valence-corrected chi connectivity index (χ1v) is 5.31. The van der Waals surface area contributed by atoms with Gasteiger partial charge in [0.05, 0.1) is 23.2 Å². The Kier molecular flexibility index (Phi) is 4.59. The summed E-state index contributed by atoms with van der Waals surface area (Å²) in [6.45, 7) is 2.12. The molecule has 1 aromatic rings. The third-order valence-corrected chi connectivity index (χ3v) is 2.23. The summed E-state index contributed by atoms with van der Waals surface area (Å²) < 4.78 is 18.4. The molecule has 98 valence electrons. The van der Waals surface area contributed by atoms with E-state index in [0.29, 0.717) is 12.5 Å². The number of benzene rings is 1. The molecule has 0 unspecified atom stereocenters. The molecule has 0 amide bonds. The Labute approximate surface area is 102 Å². The Morgan fingerprint density at radius 3 is 2.72 bits per heavy atom. The molecule has 1 rings (SSSR count). The fraction of sp³-hybridized carbons (Fsp3) is 0.364. The molecule has 1 N–H and O–H groups in total. The first-order chi connectivity index (χ1) is 8.47. The van der Waals surface area contributed by atoms with E-state index in [1.807, 2.05) is 6.92 Å². The van der Waals surface area contributed by atoms with Gasteiger partial charge in [-0.3, -0.25) is 10.1 Å². The first-order valence-electron chi connectivity index (χ1n) is 5.31. The number of carbonyl (C=O) groups is 1. The normalized spacial score (nSPS) is 10.1. The summed E-state index contributed by atoms with van der Waals surface area (Å²) in [6, 6.07) is 1.40. The van der Waals surface area contributed by atoms with Crippen LogP contribution in [0.4, 0.5) is 10.1 Å². The summed E-state index contributed by atoms with van der Waals surface area (Å²) in [7, 11) is 0. The second-order valence-corrected chi connectivity index (χ2v) is 3.56. The van der Waals surface area contributed by atoms with E-state index in [4.69, 9.17) is 9.84 Å². The topological polar surface area (TPSA) is 89.7 Å². The molecule has 0 heterocycles. The number of aromatic carboxylic acids is 1. The van der Waals surface area contributed by atoms with Gasteiger partial charge in [-0.05, 0) is 6.42 Å². The lowest BCUT2D eigenvalue weighted by Crippen LogP contribution is -2.06. The lowest BCUT2D eigenvalue weighted by atomic mass is 10.1. The zero-order valence-corrected chi connectivity index (χ0v) is 9.68. The zero-order chi connectivity index (χ0) is 13.7. The van der Waals surface area contributed by atoms with E-state index in [0.717, 1.165) is 12.5 Å². The van der Waals surface area contributed by atoms with Crippen LogP contribution in [0, 0.1) is 15.9 Å². The summed E-state index contributed by atoms with van der Waals surface area (Å²) in [6.07, 6.45) is 1.48. The number of nitro benzene ring substituents is 1. The smallest absolute Gasteiger partial charge is 0.338 e. The summed E-state index contributed by atoms with van der Waals surface area (Å²) in [5.41, 5.74) is -1.22. The van der Waals surface area contributed by atoms with Crippen LogP contribution < -0.4 is 4.74 Å². The predicted molar refractivity (Wildman–Crippen MR) is 60.4 cm³/mol. The maximum absolute atomic E-state index is 13.3. The molecule has 1 aromatic carbocycles. The van der Waals surface area contributed by atoms with Crippen molar-refractivity contribution in [1.82, 2.24) is 0 Å². The lowest BCUT2D eigenvalue weighted by Gasteiger charge is -2.07. The summed E-state index contributed by atoms with van der Waals surface area (Å²) in [5.74, 6) is -2.88. The highest BCUT2D eigenvalue weighted by molar-refractivity contribution is 5.89. The fourth-order valence-electron chi connectivity index (χ4n) is 1.29. The van der Waals surface area contributed by atoms with Crippen LogP contribution in [-0.4, -0.2) is 22.6 Å². The van der Waals surface area contributed by atoms with E-state index in [-0.39, 0.29) is 12.4 Å². The average Bonchev–Trinajstić information content (AvgIpc) is 2.30. The molecular weight excluding hydrogens is 245 g/mol. The number of carboxylic acids is 1. The monoisotopic (exact) mass is 257 g/mol. The van der Waals surface area contributed by atoms with Gasteiger partial charge < -0.3 is 9.84 Å². The lowest BCUT2D eigenvalue weighted by molar-refractivity contribution is -0.386. The maximum Gasteiger partial charge on any atom is 0.338 e.